The molecule has 1 aliphatic rings. The molecule has 38 heavy (non-hydrogen) atoms. The predicted octanol–water partition coefficient (Wildman–Crippen LogP) is 5.25. The van der Waals surface area contributed by atoms with Crippen molar-refractivity contribution in [2.75, 3.05) is 49.9 Å². The van der Waals surface area contributed by atoms with Crippen LogP contribution in [0.3, 0.4) is 0 Å². The van der Waals surface area contributed by atoms with Crippen LogP contribution in [-0.4, -0.2) is 88.7 Å². The van der Waals surface area contributed by atoms with E-state index in [0.29, 0.717) is 36.4 Å². The summed E-state index contributed by atoms with van der Waals surface area (Å²) in [5.41, 5.74) is 0. The number of aromatic nitrogens is 2. The summed E-state index contributed by atoms with van der Waals surface area (Å²) in [6.45, 7) is 15.9. The minimum absolute atomic E-state index is 0.0223. The highest BCUT2D eigenvalue weighted by Crippen LogP contribution is 2.24. The van der Waals surface area contributed by atoms with Crippen molar-refractivity contribution in [1.29, 1.82) is 0 Å². The number of hydrogen-bond acceptors (Lipinski definition) is 7. The Morgan fingerprint density at radius 2 is 1.87 bits per heavy atom. The molecule has 0 saturated carbocycles. The van der Waals surface area contributed by atoms with Crippen LogP contribution in [0, 0.1) is 0 Å². The highest BCUT2D eigenvalue weighted by Gasteiger charge is 2.28. The molecule has 2 amide bonds. The zero-order valence-electron chi connectivity index (χ0n) is 24.2. The summed E-state index contributed by atoms with van der Waals surface area (Å²) >= 11 is 7.63. The van der Waals surface area contributed by atoms with Crippen molar-refractivity contribution < 1.29 is 9.59 Å². The first-order valence-corrected chi connectivity index (χ1v) is 15.9. The highest BCUT2D eigenvalue weighted by atomic mass is 35.5. The second-order valence-corrected chi connectivity index (χ2v) is 11.6. The maximum atomic E-state index is 12.8. The molecule has 2 heterocycles. The maximum absolute atomic E-state index is 12.8. The Morgan fingerprint density at radius 1 is 1.13 bits per heavy atom. The Kier molecular flexibility index (Phi) is 15.4. The maximum Gasteiger partial charge on any atom is 0.230 e. The van der Waals surface area contributed by atoms with Gasteiger partial charge in [-0.2, -0.15) is 0 Å². The van der Waals surface area contributed by atoms with Crippen LogP contribution in [0.15, 0.2) is 11.2 Å². The third-order valence-corrected chi connectivity index (χ3v) is 8.21. The number of unbranched alkanes of at least 4 members (excludes halogenated alkanes) is 4. The number of carbonyl (C=O) groups excluding carboxylic acids is 2. The van der Waals surface area contributed by atoms with Crippen LogP contribution in [0.4, 0.5) is 5.82 Å². The van der Waals surface area contributed by atoms with Crippen molar-refractivity contribution in [2.24, 2.45) is 0 Å². The van der Waals surface area contributed by atoms with Gasteiger partial charge >= 0.3 is 0 Å². The van der Waals surface area contributed by atoms with Gasteiger partial charge in [0.25, 0.3) is 0 Å². The van der Waals surface area contributed by atoms with Crippen molar-refractivity contribution in [3.05, 3.63) is 11.2 Å². The number of halogens is 1. The molecule has 2 unspecified atom stereocenters. The molecular formula is C28H49ClN6O2S. The van der Waals surface area contributed by atoms with Gasteiger partial charge in [-0.25, -0.2) is 9.97 Å². The van der Waals surface area contributed by atoms with E-state index in [-0.39, 0.29) is 29.7 Å². The fourth-order valence-electron chi connectivity index (χ4n) is 4.85. The molecule has 10 heteroatoms. The van der Waals surface area contributed by atoms with Gasteiger partial charge in [0.15, 0.2) is 5.16 Å². The highest BCUT2D eigenvalue weighted by molar-refractivity contribution is 7.99. The Hall–Kier alpha value is -1.58. The lowest BCUT2D eigenvalue weighted by Crippen LogP contribution is -2.54. The van der Waals surface area contributed by atoms with Gasteiger partial charge in [-0.1, -0.05) is 69.8 Å². The van der Waals surface area contributed by atoms with E-state index in [1.165, 1.54) is 31.0 Å². The third kappa shape index (κ3) is 11.7. The van der Waals surface area contributed by atoms with Crippen LogP contribution in [-0.2, 0) is 9.59 Å². The lowest BCUT2D eigenvalue weighted by atomic mass is 10.1. The van der Waals surface area contributed by atoms with E-state index in [2.05, 4.69) is 59.7 Å². The minimum Gasteiger partial charge on any atom is -0.353 e. The van der Waals surface area contributed by atoms with Crippen molar-refractivity contribution in [3.8, 4) is 0 Å². The fraction of sp³-hybridized carbons (Fsp3) is 0.786. The monoisotopic (exact) mass is 568 g/mol. The van der Waals surface area contributed by atoms with Gasteiger partial charge in [-0.05, 0) is 52.7 Å². The first kappa shape index (κ1) is 32.6. The second-order valence-electron chi connectivity index (χ2n) is 10.3. The summed E-state index contributed by atoms with van der Waals surface area (Å²) in [6.07, 6.45) is 8.40. The van der Waals surface area contributed by atoms with Crippen LogP contribution in [0.1, 0.15) is 86.0 Å². The van der Waals surface area contributed by atoms with Crippen LogP contribution in [0.2, 0.25) is 5.15 Å². The molecule has 2 atom stereocenters. The number of nitrogens with zero attached hydrogens (tertiary/aromatic N) is 5. The summed E-state index contributed by atoms with van der Waals surface area (Å²) in [5.74, 6) is 1.22. The Morgan fingerprint density at radius 3 is 2.55 bits per heavy atom. The Bertz CT molecular complexity index is 857. The summed E-state index contributed by atoms with van der Waals surface area (Å²) in [4.78, 5) is 40.8. The number of anilines is 1. The normalized spacial score (nSPS) is 16.7. The van der Waals surface area contributed by atoms with Crippen LogP contribution in [0.5, 0.6) is 0 Å². The first-order valence-electron chi connectivity index (χ1n) is 14.5. The summed E-state index contributed by atoms with van der Waals surface area (Å²) < 4.78 is 0. The van der Waals surface area contributed by atoms with E-state index < -0.39 is 0 Å². The summed E-state index contributed by atoms with van der Waals surface area (Å²) in [6, 6.07) is 2.00. The first-order chi connectivity index (χ1) is 18.3. The topological polar surface area (TPSA) is 81.7 Å². The summed E-state index contributed by atoms with van der Waals surface area (Å²) in [7, 11) is 0. The third-order valence-electron chi connectivity index (χ3n) is 7.17. The van der Waals surface area contributed by atoms with E-state index in [9.17, 15) is 9.59 Å². The zero-order chi connectivity index (χ0) is 27.9. The number of piperazine rings is 1. The van der Waals surface area contributed by atoms with Crippen LogP contribution < -0.4 is 10.2 Å². The average Bonchev–Trinajstić information content (AvgIpc) is 2.89. The molecule has 1 saturated heterocycles. The van der Waals surface area contributed by atoms with E-state index in [0.717, 1.165) is 51.1 Å². The molecule has 8 nitrogen and oxygen atoms in total. The number of rotatable bonds is 17. The molecule has 0 spiro atoms. The van der Waals surface area contributed by atoms with Crippen molar-refractivity contribution >= 4 is 41.0 Å². The van der Waals surface area contributed by atoms with E-state index in [1.807, 2.05) is 4.90 Å². The SMILES string of the molecule is CCCCCCCC(=O)N1CCN(c2cc(Cl)nc(SCC(=O)NC(C)CCCN(CC)CC)n2)CC1C. The lowest BCUT2D eigenvalue weighted by Gasteiger charge is -2.40. The summed E-state index contributed by atoms with van der Waals surface area (Å²) in [5, 5.41) is 3.94. The van der Waals surface area contributed by atoms with E-state index >= 15 is 0 Å². The van der Waals surface area contributed by atoms with Gasteiger partial charge in [0, 0.05) is 44.2 Å². The molecule has 1 aliphatic heterocycles. The van der Waals surface area contributed by atoms with Gasteiger partial charge in [0.05, 0.1) is 5.75 Å². The van der Waals surface area contributed by atoms with Crippen molar-refractivity contribution in [1.82, 2.24) is 25.1 Å². The molecular weight excluding hydrogens is 520 g/mol. The largest absolute Gasteiger partial charge is 0.353 e. The van der Waals surface area contributed by atoms with Crippen molar-refractivity contribution in [2.45, 2.75) is 103 Å². The number of amides is 2. The molecule has 216 valence electrons. The molecule has 0 radical (unpaired) electrons. The lowest BCUT2D eigenvalue weighted by molar-refractivity contribution is -0.133. The van der Waals surface area contributed by atoms with Gasteiger partial charge in [0.2, 0.25) is 11.8 Å². The smallest absolute Gasteiger partial charge is 0.230 e. The minimum atomic E-state index is -0.0223. The molecule has 0 bridgehead atoms. The van der Waals surface area contributed by atoms with Crippen LogP contribution in [0.25, 0.3) is 0 Å². The fourth-order valence-corrected chi connectivity index (χ4v) is 5.74. The van der Waals surface area contributed by atoms with E-state index in [4.69, 9.17) is 11.6 Å². The van der Waals surface area contributed by atoms with Crippen LogP contribution >= 0.6 is 23.4 Å². The van der Waals surface area contributed by atoms with E-state index in [1.54, 1.807) is 6.07 Å². The number of hydrogen-bond donors (Lipinski definition) is 1. The average molecular weight is 569 g/mol. The number of nitrogens with one attached hydrogen (secondary N) is 1. The Balaban J connectivity index is 1.81. The molecule has 1 N–H and O–H groups in total. The molecule has 1 aromatic rings. The predicted molar refractivity (Wildman–Crippen MR) is 159 cm³/mol. The molecule has 0 aliphatic carbocycles. The van der Waals surface area contributed by atoms with Gasteiger partial charge in [0.1, 0.15) is 11.0 Å². The zero-order valence-corrected chi connectivity index (χ0v) is 25.7. The Labute approximate surface area is 239 Å². The van der Waals surface area contributed by atoms with Gasteiger partial charge < -0.3 is 20.0 Å². The second kappa shape index (κ2) is 17.9. The number of thioether (sulfide) groups is 1. The quantitative estimate of drug-likeness (QED) is 0.119. The molecule has 1 fully saturated rings. The standard InChI is InChI=1S/C28H49ClN6O2S/c1-6-9-10-11-12-15-27(37)35-18-17-34(20-23(35)5)25-19-24(29)31-28(32-25)38-21-26(36)30-22(4)14-13-16-33(7-2)8-3/h19,22-23H,6-18,20-21H2,1-5H3,(H,30,36). The van der Waals surface area contributed by atoms with Gasteiger partial charge in [-0.15, -0.1) is 0 Å². The van der Waals surface area contributed by atoms with Gasteiger partial charge in [-0.3, -0.25) is 9.59 Å². The molecule has 2 rings (SSSR count). The molecule has 0 aromatic carbocycles. The van der Waals surface area contributed by atoms with Crippen molar-refractivity contribution in [3.63, 3.8) is 0 Å². The molecule has 1 aromatic heterocycles. The number of carbonyl (C=O) groups is 2.